The lowest BCUT2D eigenvalue weighted by Gasteiger charge is -2.29. The Hall–Kier alpha value is -0.160. The van der Waals surface area contributed by atoms with Gasteiger partial charge in [0.05, 0.1) is 18.8 Å². The van der Waals surface area contributed by atoms with E-state index in [0.717, 1.165) is 25.0 Å². The van der Waals surface area contributed by atoms with E-state index < -0.39 is 0 Å². The van der Waals surface area contributed by atoms with Crippen LogP contribution in [0.1, 0.15) is 47.0 Å². The average molecular weight is 327 g/mol. The molecule has 2 aliphatic heterocycles. The van der Waals surface area contributed by atoms with E-state index in [9.17, 15) is 0 Å². The zero-order valence-corrected chi connectivity index (χ0v) is 16.1. The predicted molar refractivity (Wildman–Crippen MR) is 95.8 cm³/mol. The van der Waals surface area contributed by atoms with Gasteiger partial charge in [0.1, 0.15) is 0 Å². The molecule has 0 amide bonds. The van der Waals surface area contributed by atoms with Gasteiger partial charge >= 0.3 is 0 Å². The summed E-state index contributed by atoms with van der Waals surface area (Å²) in [5.74, 6) is 1.64. The van der Waals surface area contributed by atoms with Gasteiger partial charge in [0.15, 0.2) is 0 Å². The van der Waals surface area contributed by atoms with Gasteiger partial charge in [0, 0.05) is 25.2 Å². The van der Waals surface area contributed by atoms with Gasteiger partial charge in [-0.25, -0.2) is 0 Å². The minimum atomic E-state index is 0.334. The van der Waals surface area contributed by atoms with Crippen LogP contribution in [0.3, 0.4) is 0 Å². The molecule has 23 heavy (non-hydrogen) atoms. The third-order valence-corrected chi connectivity index (χ3v) is 5.69. The fourth-order valence-corrected chi connectivity index (χ4v) is 4.38. The van der Waals surface area contributed by atoms with Crippen LogP contribution in [0.4, 0.5) is 0 Å². The van der Waals surface area contributed by atoms with E-state index in [0.29, 0.717) is 24.3 Å². The number of hydrogen-bond acceptors (Lipinski definition) is 4. The quantitative estimate of drug-likeness (QED) is 0.685. The molecule has 0 radical (unpaired) electrons. The minimum absolute atomic E-state index is 0.334. The summed E-state index contributed by atoms with van der Waals surface area (Å²) in [5.41, 5.74) is 0. The van der Waals surface area contributed by atoms with E-state index >= 15 is 0 Å². The lowest BCUT2D eigenvalue weighted by molar-refractivity contribution is 0.0428. The Labute approximate surface area is 143 Å². The molecule has 0 aromatic carbocycles. The molecule has 2 fully saturated rings. The first kappa shape index (κ1) is 19.2. The third kappa shape index (κ3) is 5.42. The standard InChI is InChI=1S/C19H38N2O2/c1-14(2)22-10-8-19-18(7-9-20(19)5)16-11-17(21(6)12-16)13-23-15(3)4/h14-19H,7-13H2,1-6H3. The summed E-state index contributed by atoms with van der Waals surface area (Å²) in [5, 5.41) is 0. The minimum Gasteiger partial charge on any atom is -0.379 e. The number of likely N-dealkylation sites (tertiary alicyclic amines) is 2. The number of rotatable bonds is 8. The lowest BCUT2D eigenvalue weighted by Crippen LogP contribution is -2.35. The van der Waals surface area contributed by atoms with Crippen molar-refractivity contribution in [1.82, 2.24) is 9.80 Å². The molecule has 0 N–H and O–H groups in total. The zero-order chi connectivity index (χ0) is 17.0. The fourth-order valence-electron chi connectivity index (χ4n) is 4.38. The topological polar surface area (TPSA) is 24.9 Å². The normalized spacial score (nSPS) is 33.4. The molecule has 0 saturated carbocycles. The Bertz CT molecular complexity index is 348. The van der Waals surface area contributed by atoms with E-state index in [1.54, 1.807) is 0 Å². The summed E-state index contributed by atoms with van der Waals surface area (Å²) < 4.78 is 11.7. The Kier molecular flexibility index (Phi) is 7.33. The smallest absolute Gasteiger partial charge is 0.0625 e. The number of likely N-dealkylation sites (N-methyl/N-ethyl adjacent to an activating group) is 1. The maximum atomic E-state index is 5.87. The Balaban J connectivity index is 1.86. The summed E-state index contributed by atoms with van der Waals surface area (Å²) in [6.45, 7) is 12.8. The second kappa shape index (κ2) is 8.80. The maximum absolute atomic E-state index is 5.87. The van der Waals surface area contributed by atoms with Crippen LogP contribution in [0.15, 0.2) is 0 Å². The summed E-state index contributed by atoms with van der Waals surface area (Å²) in [4.78, 5) is 5.08. The monoisotopic (exact) mass is 326 g/mol. The van der Waals surface area contributed by atoms with Crippen LogP contribution in [-0.4, -0.2) is 74.5 Å². The van der Waals surface area contributed by atoms with E-state index in [1.165, 1.54) is 32.4 Å². The van der Waals surface area contributed by atoms with Gasteiger partial charge in [-0.05, 0) is 79.4 Å². The van der Waals surface area contributed by atoms with Crippen molar-refractivity contribution in [1.29, 1.82) is 0 Å². The molecule has 0 aromatic heterocycles. The largest absolute Gasteiger partial charge is 0.379 e. The van der Waals surface area contributed by atoms with Crippen molar-refractivity contribution in [2.24, 2.45) is 11.8 Å². The molecule has 0 aliphatic carbocycles. The van der Waals surface area contributed by atoms with Gasteiger partial charge in [-0.15, -0.1) is 0 Å². The summed E-state index contributed by atoms with van der Waals surface area (Å²) in [6.07, 6.45) is 4.49. The first-order valence-corrected chi connectivity index (χ1v) is 9.52. The molecule has 4 atom stereocenters. The average Bonchev–Trinajstić information content (AvgIpc) is 3.00. The molecule has 2 saturated heterocycles. The second-order valence-corrected chi connectivity index (χ2v) is 8.18. The van der Waals surface area contributed by atoms with E-state index in [-0.39, 0.29) is 0 Å². The van der Waals surface area contributed by atoms with Crippen LogP contribution in [0.2, 0.25) is 0 Å². The van der Waals surface area contributed by atoms with E-state index in [2.05, 4.69) is 51.6 Å². The fraction of sp³-hybridized carbons (Fsp3) is 1.00. The predicted octanol–water partition coefficient (Wildman–Crippen LogP) is 2.87. The molecule has 0 bridgehead atoms. The molecule has 2 rings (SSSR count). The number of ether oxygens (including phenoxy) is 2. The molecular weight excluding hydrogens is 288 g/mol. The third-order valence-electron chi connectivity index (χ3n) is 5.69. The first-order chi connectivity index (χ1) is 10.9. The molecule has 0 spiro atoms. The molecule has 0 aromatic rings. The lowest BCUT2D eigenvalue weighted by atomic mass is 9.83. The molecule has 4 nitrogen and oxygen atoms in total. The van der Waals surface area contributed by atoms with Crippen LogP contribution < -0.4 is 0 Å². The van der Waals surface area contributed by atoms with Crippen molar-refractivity contribution in [3.63, 3.8) is 0 Å². The van der Waals surface area contributed by atoms with Crippen LogP contribution in [0, 0.1) is 11.8 Å². The van der Waals surface area contributed by atoms with Crippen molar-refractivity contribution in [2.45, 2.75) is 71.2 Å². The van der Waals surface area contributed by atoms with E-state index in [1.807, 2.05) is 0 Å². The van der Waals surface area contributed by atoms with Gasteiger partial charge < -0.3 is 19.3 Å². The highest BCUT2D eigenvalue weighted by atomic mass is 16.5. The van der Waals surface area contributed by atoms with Crippen LogP contribution >= 0.6 is 0 Å². The molecule has 2 heterocycles. The first-order valence-electron chi connectivity index (χ1n) is 9.52. The SMILES string of the molecule is CC(C)OCCC1C(C2CC(COC(C)C)N(C)C2)CCN1C. The van der Waals surface area contributed by atoms with Crippen molar-refractivity contribution in [2.75, 3.05) is 40.4 Å². The second-order valence-electron chi connectivity index (χ2n) is 8.18. The Morgan fingerprint density at radius 2 is 1.70 bits per heavy atom. The van der Waals surface area contributed by atoms with Gasteiger partial charge in [0.2, 0.25) is 0 Å². The Morgan fingerprint density at radius 3 is 2.35 bits per heavy atom. The molecular formula is C19H38N2O2. The highest BCUT2D eigenvalue weighted by Crippen LogP contribution is 2.38. The van der Waals surface area contributed by atoms with Crippen LogP contribution in [0.25, 0.3) is 0 Å². The maximum Gasteiger partial charge on any atom is 0.0625 e. The van der Waals surface area contributed by atoms with E-state index in [4.69, 9.17) is 9.47 Å². The number of nitrogens with zero attached hydrogens (tertiary/aromatic N) is 2. The van der Waals surface area contributed by atoms with Gasteiger partial charge in [-0.2, -0.15) is 0 Å². The van der Waals surface area contributed by atoms with Crippen LogP contribution in [-0.2, 0) is 9.47 Å². The van der Waals surface area contributed by atoms with Crippen molar-refractivity contribution in [3.8, 4) is 0 Å². The van der Waals surface area contributed by atoms with Crippen molar-refractivity contribution >= 4 is 0 Å². The summed E-state index contributed by atoms with van der Waals surface area (Å²) in [7, 11) is 4.56. The Morgan fingerprint density at radius 1 is 1.00 bits per heavy atom. The van der Waals surface area contributed by atoms with Crippen LogP contribution in [0.5, 0.6) is 0 Å². The van der Waals surface area contributed by atoms with Gasteiger partial charge in [-0.1, -0.05) is 0 Å². The molecule has 4 unspecified atom stereocenters. The highest BCUT2D eigenvalue weighted by molar-refractivity contribution is 4.95. The van der Waals surface area contributed by atoms with Gasteiger partial charge in [0.25, 0.3) is 0 Å². The zero-order valence-electron chi connectivity index (χ0n) is 16.1. The van der Waals surface area contributed by atoms with Gasteiger partial charge in [-0.3, -0.25) is 0 Å². The molecule has 4 heteroatoms. The number of hydrogen-bond donors (Lipinski definition) is 0. The van der Waals surface area contributed by atoms with Crippen molar-refractivity contribution < 1.29 is 9.47 Å². The summed E-state index contributed by atoms with van der Waals surface area (Å²) >= 11 is 0. The molecule has 2 aliphatic rings. The van der Waals surface area contributed by atoms with Crippen molar-refractivity contribution in [3.05, 3.63) is 0 Å². The highest BCUT2D eigenvalue weighted by Gasteiger charge is 2.41. The molecule has 136 valence electrons. The summed E-state index contributed by atoms with van der Waals surface area (Å²) in [6, 6.07) is 1.29.